The molecular weight excluding hydrogens is 531 g/mol. The molecule has 0 aliphatic carbocycles. The first-order chi connectivity index (χ1) is 15.4. The molecule has 9 nitrogen and oxygen atoms in total. The Morgan fingerprint density at radius 3 is 2.03 bits per heavy atom. The summed E-state index contributed by atoms with van der Waals surface area (Å²) in [5.74, 6) is -1.60. The van der Waals surface area contributed by atoms with Crippen LogP contribution in [-0.4, -0.2) is 42.7 Å². The van der Waals surface area contributed by atoms with E-state index in [0.29, 0.717) is 17.3 Å². The zero-order chi connectivity index (χ0) is 24.6. The minimum Gasteiger partial charge on any atom is -0.475 e. The maximum Gasteiger partial charge on any atom is 0.490 e. The van der Waals surface area contributed by atoms with Gasteiger partial charge >= 0.3 is 12.1 Å². The van der Waals surface area contributed by atoms with E-state index in [0.717, 1.165) is 10.2 Å². The summed E-state index contributed by atoms with van der Waals surface area (Å²) in [4.78, 5) is 17.4. The fourth-order valence-electron chi connectivity index (χ4n) is 2.18. The van der Waals surface area contributed by atoms with E-state index in [1.807, 2.05) is 24.3 Å². The van der Waals surface area contributed by atoms with Gasteiger partial charge in [-0.15, -0.1) is 0 Å². The molecule has 0 radical (unpaired) electrons. The molecule has 14 heteroatoms. The van der Waals surface area contributed by atoms with Gasteiger partial charge in [0.1, 0.15) is 18.0 Å². The van der Waals surface area contributed by atoms with Crippen LogP contribution >= 0.6 is 15.9 Å². The number of halogens is 4. The van der Waals surface area contributed by atoms with Gasteiger partial charge in [0, 0.05) is 21.9 Å². The van der Waals surface area contributed by atoms with Crippen molar-refractivity contribution in [2.45, 2.75) is 11.1 Å². The molecule has 33 heavy (non-hydrogen) atoms. The van der Waals surface area contributed by atoms with Crippen LogP contribution in [0, 0.1) is 0 Å². The number of hydrogen-bond acceptors (Lipinski definition) is 7. The highest BCUT2D eigenvalue weighted by Gasteiger charge is 2.38. The Morgan fingerprint density at radius 1 is 0.970 bits per heavy atom. The molecule has 0 spiro atoms. The molecule has 3 aromatic rings. The minimum atomic E-state index is -5.08. The summed E-state index contributed by atoms with van der Waals surface area (Å²) >= 11 is 3.39. The highest BCUT2D eigenvalue weighted by atomic mass is 79.9. The van der Waals surface area contributed by atoms with Crippen LogP contribution in [0.15, 0.2) is 70.3 Å². The van der Waals surface area contributed by atoms with Gasteiger partial charge in [0.2, 0.25) is 10.0 Å². The van der Waals surface area contributed by atoms with Crippen LogP contribution in [0.5, 0.6) is 0 Å². The number of carbonyl (C=O) groups is 1. The van der Waals surface area contributed by atoms with Gasteiger partial charge in [-0.25, -0.2) is 27.9 Å². The van der Waals surface area contributed by atoms with E-state index in [1.165, 1.54) is 25.5 Å². The summed E-state index contributed by atoms with van der Waals surface area (Å²) in [5.41, 5.74) is 1.49. The van der Waals surface area contributed by atoms with Gasteiger partial charge < -0.3 is 15.7 Å². The zero-order valence-corrected chi connectivity index (χ0v) is 19.2. The summed E-state index contributed by atoms with van der Waals surface area (Å²) in [7, 11) is -2.13. The second-order valence-corrected chi connectivity index (χ2v) is 8.89. The van der Waals surface area contributed by atoms with Crippen molar-refractivity contribution in [1.82, 2.24) is 14.7 Å². The Hall–Kier alpha value is -3.23. The van der Waals surface area contributed by atoms with Crippen LogP contribution in [-0.2, 0) is 14.8 Å². The van der Waals surface area contributed by atoms with Gasteiger partial charge in [0.25, 0.3) is 0 Å². The van der Waals surface area contributed by atoms with Gasteiger partial charge in [0.15, 0.2) is 0 Å². The first-order valence-electron chi connectivity index (χ1n) is 8.86. The van der Waals surface area contributed by atoms with E-state index >= 15 is 0 Å². The third-order valence-corrected chi connectivity index (χ3v) is 5.65. The number of aromatic nitrogens is 2. The third-order valence-electron chi connectivity index (χ3n) is 3.71. The molecule has 1 aromatic heterocycles. The molecule has 1 heterocycles. The van der Waals surface area contributed by atoms with E-state index in [4.69, 9.17) is 9.90 Å². The Morgan fingerprint density at radius 2 is 1.52 bits per heavy atom. The Labute approximate surface area is 195 Å². The van der Waals surface area contributed by atoms with Crippen molar-refractivity contribution >= 4 is 54.9 Å². The van der Waals surface area contributed by atoms with Crippen molar-refractivity contribution in [3.8, 4) is 0 Å². The monoisotopic (exact) mass is 547 g/mol. The van der Waals surface area contributed by atoms with Crippen molar-refractivity contribution in [3.63, 3.8) is 0 Å². The highest BCUT2D eigenvalue weighted by Crippen LogP contribution is 2.22. The van der Waals surface area contributed by atoms with Crippen LogP contribution < -0.4 is 15.4 Å². The van der Waals surface area contributed by atoms with Crippen molar-refractivity contribution in [2.24, 2.45) is 0 Å². The summed E-state index contributed by atoms with van der Waals surface area (Å²) in [6.45, 7) is 0. The van der Waals surface area contributed by atoms with Crippen LogP contribution in [0.4, 0.5) is 36.2 Å². The molecular formula is C19H17BrF3N5O4S. The maximum atomic E-state index is 11.9. The first kappa shape index (κ1) is 26.0. The third kappa shape index (κ3) is 8.32. The average molecular weight is 548 g/mol. The second-order valence-electron chi connectivity index (χ2n) is 6.08. The van der Waals surface area contributed by atoms with Gasteiger partial charge in [-0.1, -0.05) is 22.0 Å². The smallest absolute Gasteiger partial charge is 0.475 e. The van der Waals surface area contributed by atoms with Gasteiger partial charge in [-0.3, -0.25) is 0 Å². The number of hydrogen-bond donors (Lipinski definition) is 4. The molecule has 0 aliphatic heterocycles. The minimum absolute atomic E-state index is 0.173. The van der Waals surface area contributed by atoms with E-state index in [1.54, 1.807) is 18.2 Å². The number of anilines is 4. The van der Waals surface area contributed by atoms with Crippen molar-refractivity contribution in [1.29, 1.82) is 0 Å². The predicted molar refractivity (Wildman–Crippen MR) is 119 cm³/mol. The number of carboxylic acid groups (broad SMARTS) is 1. The molecule has 0 amide bonds. The average Bonchev–Trinajstić information content (AvgIpc) is 2.75. The number of aliphatic carboxylic acids is 1. The Balaban J connectivity index is 0.000000479. The summed E-state index contributed by atoms with van der Waals surface area (Å²) < 4.78 is 58.8. The van der Waals surface area contributed by atoms with E-state index in [2.05, 4.69) is 41.3 Å². The van der Waals surface area contributed by atoms with Crippen LogP contribution in [0.25, 0.3) is 0 Å². The van der Waals surface area contributed by atoms with Gasteiger partial charge in [-0.05, 0) is 49.5 Å². The van der Waals surface area contributed by atoms with Gasteiger partial charge in [0.05, 0.1) is 4.90 Å². The fraction of sp³-hybridized carbons (Fsp3) is 0.105. The number of alkyl halides is 3. The van der Waals surface area contributed by atoms with Crippen LogP contribution in [0.2, 0.25) is 0 Å². The molecule has 3 rings (SSSR count). The molecule has 0 saturated carbocycles. The quantitative estimate of drug-likeness (QED) is 0.359. The van der Waals surface area contributed by atoms with E-state index < -0.39 is 22.2 Å². The van der Waals surface area contributed by atoms with Crippen molar-refractivity contribution < 1.29 is 31.5 Å². The number of carboxylic acids is 1. The lowest BCUT2D eigenvalue weighted by Crippen LogP contribution is -2.21. The molecule has 0 bridgehead atoms. The SMILES string of the molecule is CNS(=O)(=O)c1cccc(Nc2cc(Nc3ccc(Br)cc3)ncn2)c1.O=C(O)C(F)(F)F. The molecule has 0 aliphatic rings. The topological polar surface area (TPSA) is 133 Å². The Kier molecular flexibility index (Phi) is 8.73. The van der Waals surface area contributed by atoms with Crippen molar-refractivity contribution in [2.75, 3.05) is 17.7 Å². The molecule has 0 unspecified atom stereocenters. The molecule has 0 atom stereocenters. The van der Waals surface area contributed by atoms with E-state index in [-0.39, 0.29) is 4.90 Å². The zero-order valence-electron chi connectivity index (χ0n) is 16.8. The number of rotatable bonds is 6. The number of nitrogens with one attached hydrogen (secondary N) is 3. The van der Waals surface area contributed by atoms with E-state index in [9.17, 15) is 21.6 Å². The number of nitrogens with zero attached hydrogens (tertiary/aromatic N) is 2. The lowest BCUT2D eigenvalue weighted by molar-refractivity contribution is -0.192. The molecule has 176 valence electrons. The standard InChI is InChI=1S/C17H16BrN5O2S.C2HF3O2/c1-19-26(24,25)15-4-2-3-14(9-15)23-17-10-16(20-11-21-17)22-13-7-5-12(18)6-8-13;3-2(4,5)1(6)7/h2-11,19H,1H3,(H2,20,21,22,23);(H,6,7). The normalized spacial score (nSPS) is 11.2. The van der Waals surface area contributed by atoms with Gasteiger partial charge in [-0.2, -0.15) is 13.2 Å². The molecule has 0 fully saturated rings. The van der Waals surface area contributed by atoms with Crippen LogP contribution in [0.1, 0.15) is 0 Å². The number of benzene rings is 2. The first-order valence-corrected chi connectivity index (χ1v) is 11.1. The number of sulfonamides is 1. The molecule has 0 saturated heterocycles. The summed E-state index contributed by atoms with van der Waals surface area (Å²) in [6.07, 6.45) is -3.66. The lowest BCUT2D eigenvalue weighted by atomic mass is 10.3. The Bertz CT molecular complexity index is 1210. The van der Waals surface area contributed by atoms with Crippen molar-refractivity contribution in [3.05, 3.63) is 65.4 Å². The summed E-state index contributed by atoms with van der Waals surface area (Å²) in [6, 6.07) is 15.9. The lowest BCUT2D eigenvalue weighted by Gasteiger charge is -2.10. The predicted octanol–water partition coefficient (Wildman–Crippen LogP) is 4.27. The second kappa shape index (κ2) is 11.1. The fourth-order valence-corrected chi connectivity index (χ4v) is 3.22. The molecule has 2 aromatic carbocycles. The maximum absolute atomic E-state index is 11.9. The van der Waals surface area contributed by atoms with Crippen LogP contribution in [0.3, 0.4) is 0 Å². The summed E-state index contributed by atoms with van der Waals surface area (Å²) in [5, 5.41) is 13.4. The largest absolute Gasteiger partial charge is 0.490 e. The highest BCUT2D eigenvalue weighted by molar-refractivity contribution is 9.10. The molecule has 4 N–H and O–H groups in total.